The van der Waals surface area contributed by atoms with Gasteiger partial charge in [0.05, 0.1) is 33.3 Å². The summed E-state index contributed by atoms with van der Waals surface area (Å²) in [7, 11) is 2.90. The number of fused-ring (bicyclic) bond motifs is 1. The van der Waals surface area contributed by atoms with Crippen molar-refractivity contribution in [2.45, 2.75) is 19.4 Å². The summed E-state index contributed by atoms with van der Waals surface area (Å²) in [5, 5.41) is 0. The highest BCUT2D eigenvalue weighted by molar-refractivity contribution is 5.97. The van der Waals surface area contributed by atoms with Crippen molar-refractivity contribution in [3.8, 4) is 23.5 Å². The van der Waals surface area contributed by atoms with Crippen molar-refractivity contribution in [1.29, 1.82) is 0 Å². The fraction of sp³-hybridized carbons (Fsp3) is 0.333. The molecule has 1 aromatic carbocycles. The Morgan fingerprint density at radius 3 is 2.52 bits per heavy atom. The van der Waals surface area contributed by atoms with Gasteiger partial charge in [-0.05, 0) is 13.0 Å². The summed E-state index contributed by atoms with van der Waals surface area (Å²) < 4.78 is 26.1. The Morgan fingerprint density at radius 1 is 1.19 bits per heavy atom. The van der Waals surface area contributed by atoms with Crippen LogP contribution in [-0.2, 0) is 14.3 Å². The smallest absolute Gasteiger partial charge is 0.343 e. The molecule has 1 aromatic heterocycles. The van der Waals surface area contributed by atoms with Crippen LogP contribution >= 0.6 is 0 Å². The fourth-order valence-corrected chi connectivity index (χ4v) is 2.63. The maximum atomic E-state index is 12.3. The largest absolute Gasteiger partial charge is 0.481 e. The summed E-state index contributed by atoms with van der Waals surface area (Å²) in [5.74, 6) is -0.348. The molecule has 9 nitrogen and oxygen atoms in total. The highest BCUT2D eigenvalue weighted by Crippen LogP contribution is 2.39. The first-order valence-electron chi connectivity index (χ1n) is 8.20. The lowest BCUT2D eigenvalue weighted by molar-refractivity contribution is -0.145. The highest BCUT2D eigenvalue weighted by atomic mass is 16.6. The molecule has 1 aliphatic heterocycles. The van der Waals surface area contributed by atoms with Crippen molar-refractivity contribution in [1.82, 2.24) is 9.97 Å². The first-order valence-corrected chi connectivity index (χ1v) is 8.20. The Hall–Kier alpha value is -3.36. The number of nitrogens with zero attached hydrogens (tertiary/aromatic N) is 2. The third kappa shape index (κ3) is 3.91. The number of ether oxygens (including phenoxy) is 5. The van der Waals surface area contributed by atoms with E-state index in [4.69, 9.17) is 23.7 Å². The maximum Gasteiger partial charge on any atom is 0.343 e. The average molecular weight is 374 g/mol. The number of methoxy groups -OCH3 is 2. The van der Waals surface area contributed by atoms with Crippen LogP contribution in [0, 0.1) is 0 Å². The standard InChI is InChI=1S/C18H18N2O7/c1-4-25-15(21)8-12-10-6-5-7-11(16(10)17(22)26-12)27-18-19-13(23-2)9-14(20-18)24-3/h5-7,9,12H,4,8H2,1-3H3. The van der Waals surface area contributed by atoms with Crippen molar-refractivity contribution in [2.24, 2.45) is 0 Å². The minimum atomic E-state index is -0.726. The SMILES string of the molecule is CCOC(=O)CC1OC(=O)c2c(Oc3nc(OC)cc(OC)n3)cccc21. The van der Waals surface area contributed by atoms with E-state index in [-0.39, 0.29) is 42.1 Å². The van der Waals surface area contributed by atoms with E-state index >= 15 is 0 Å². The van der Waals surface area contributed by atoms with Gasteiger partial charge in [-0.25, -0.2) is 4.79 Å². The lowest BCUT2D eigenvalue weighted by Gasteiger charge is -2.10. The molecule has 0 aliphatic carbocycles. The molecule has 0 radical (unpaired) electrons. The minimum Gasteiger partial charge on any atom is -0.481 e. The Morgan fingerprint density at radius 2 is 1.89 bits per heavy atom. The van der Waals surface area contributed by atoms with Gasteiger partial charge < -0.3 is 23.7 Å². The highest BCUT2D eigenvalue weighted by Gasteiger charge is 2.36. The molecule has 0 bridgehead atoms. The Balaban J connectivity index is 1.90. The average Bonchev–Trinajstić information content (AvgIpc) is 2.98. The molecular formula is C18H18N2O7. The summed E-state index contributed by atoms with van der Waals surface area (Å²) in [6.07, 6.45) is -0.796. The number of aromatic nitrogens is 2. The molecule has 142 valence electrons. The Kier molecular flexibility index (Phi) is 5.39. The number of carbonyl (C=O) groups is 2. The third-order valence-corrected chi connectivity index (χ3v) is 3.79. The molecule has 1 atom stereocenters. The van der Waals surface area contributed by atoms with Gasteiger partial charge >= 0.3 is 17.9 Å². The van der Waals surface area contributed by atoms with E-state index in [2.05, 4.69) is 9.97 Å². The second kappa shape index (κ2) is 7.90. The van der Waals surface area contributed by atoms with Gasteiger partial charge in [0, 0.05) is 5.56 Å². The molecule has 3 rings (SSSR count). The van der Waals surface area contributed by atoms with Crippen molar-refractivity contribution >= 4 is 11.9 Å². The summed E-state index contributed by atoms with van der Waals surface area (Å²) in [6, 6.07) is 6.41. The zero-order chi connectivity index (χ0) is 19.4. The summed E-state index contributed by atoms with van der Waals surface area (Å²) in [6.45, 7) is 1.96. The molecule has 27 heavy (non-hydrogen) atoms. The molecule has 0 saturated carbocycles. The molecule has 9 heteroatoms. The topological polar surface area (TPSA) is 106 Å². The van der Waals surface area contributed by atoms with Crippen LogP contribution in [0.5, 0.6) is 23.5 Å². The first-order chi connectivity index (χ1) is 13.0. The van der Waals surface area contributed by atoms with Crippen molar-refractivity contribution < 1.29 is 33.3 Å². The zero-order valence-corrected chi connectivity index (χ0v) is 15.1. The van der Waals surface area contributed by atoms with Crippen LogP contribution < -0.4 is 14.2 Å². The third-order valence-electron chi connectivity index (χ3n) is 3.79. The second-order valence-corrected chi connectivity index (χ2v) is 5.46. The molecule has 0 N–H and O–H groups in total. The number of rotatable bonds is 7. The number of carbonyl (C=O) groups excluding carboxylic acids is 2. The van der Waals surface area contributed by atoms with E-state index in [9.17, 15) is 9.59 Å². The van der Waals surface area contributed by atoms with E-state index in [1.54, 1.807) is 25.1 Å². The molecule has 0 saturated heterocycles. The van der Waals surface area contributed by atoms with Gasteiger partial charge in [-0.1, -0.05) is 12.1 Å². The van der Waals surface area contributed by atoms with Crippen LogP contribution in [0.4, 0.5) is 0 Å². The number of hydrogen-bond donors (Lipinski definition) is 0. The van der Waals surface area contributed by atoms with E-state index < -0.39 is 18.0 Å². The predicted octanol–water partition coefficient (Wildman–Crippen LogP) is 2.45. The number of cyclic esters (lactones) is 1. The van der Waals surface area contributed by atoms with E-state index in [0.29, 0.717) is 5.56 Å². The molecular weight excluding hydrogens is 356 g/mol. The van der Waals surface area contributed by atoms with E-state index in [1.165, 1.54) is 20.3 Å². The van der Waals surface area contributed by atoms with Gasteiger partial charge in [0.1, 0.15) is 17.4 Å². The molecule has 1 aliphatic rings. The van der Waals surface area contributed by atoms with E-state index in [0.717, 1.165) is 0 Å². The Labute approximate surface area is 155 Å². The molecule has 0 spiro atoms. The van der Waals surface area contributed by atoms with E-state index in [1.807, 2.05) is 0 Å². The van der Waals surface area contributed by atoms with Gasteiger partial charge in [-0.15, -0.1) is 0 Å². The van der Waals surface area contributed by atoms with Crippen molar-refractivity contribution in [2.75, 3.05) is 20.8 Å². The summed E-state index contributed by atoms with van der Waals surface area (Å²) >= 11 is 0. The summed E-state index contributed by atoms with van der Waals surface area (Å²) in [4.78, 5) is 32.2. The zero-order valence-electron chi connectivity index (χ0n) is 15.1. The fourth-order valence-electron chi connectivity index (χ4n) is 2.63. The molecule has 2 aromatic rings. The lowest BCUT2D eigenvalue weighted by atomic mass is 10.0. The van der Waals surface area contributed by atoms with Crippen LogP contribution in [0.1, 0.15) is 35.4 Å². The number of esters is 2. The molecule has 0 fully saturated rings. The quantitative estimate of drug-likeness (QED) is 0.675. The van der Waals surface area contributed by atoms with Gasteiger partial charge in [0.2, 0.25) is 11.8 Å². The van der Waals surface area contributed by atoms with Crippen LogP contribution in [0.3, 0.4) is 0 Å². The van der Waals surface area contributed by atoms with Gasteiger partial charge in [0.25, 0.3) is 0 Å². The first kappa shape index (κ1) is 18.4. The van der Waals surface area contributed by atoms with Crippen LogP contribution in [-0.4, -0.2) is 42.7 Å². The molecule has 0 amide bonds. The van der Waals surface area contributed by atoms with Crippen molar-refractivity contribution in [3.63, 3.8) is 0 Å². The number of hydrogen-bond acceptors (Lipinski definition) is 9. The number of benzene rings is 1. The van der Waals surface area contributed by atoms with Gasteiger partial charge in [-0.3, -0.25) is 4.79 Å². The second-order valence-electron chi connectivity index (χ2n) is 5.46. The van der Waals surface area contributed by atoms with Crippen LogP contribution in [0.25, 0.3) is 0 Å². The summed E-state index contributed by atoms with van der Waals surface area (Å²) in [5.41, 5.74) is 0.762. The lowest BCUT2D eigenvalue weighted by Crippen LogP contribution is -2.10. The van der Waals surface area contributed by atoms with Crippen LogP contribution in [0.15, 0.2) is 24.3 Å². The van der Waals surface area contributed by atoms with Crippen LogP contribution in [0.2, 0.25) is 0 Å². The van der Waals surface area contributed by atoms with Gasteiger partial charge in [0.15, 0.2) is 0 Å². The monoisotopic (exact) mass is 374 g/mol. The normalized spacial score (nSPS) is 14.9. The maximum absolute atomic E-state index is 12.3. The minimum absolute atomic E-state index is 0.0544. The predicted molar refractivity (Wildman–Crippen MR) is 91.1 cm³/mol. The van der Waals surface area contributed by atoms with Crippen molar-refractivity contribution in [3.05, 3.63) is 35.4 Å². The molecule has 2 heterocycles. The Bertz CT molecular complexity index is 847. The van der Waals surface area contributed by atoms with Gasteiger partial charge in [-0.2, -0.15) is 9.97 Å². The molecule has 1 unspecified atom stereocenters.